The van der Waals surface area contributed by atoms with Crippen LogP contribution in [0.2, 0.25) is 0 Å². The third-order valence-corrected chi connectivity index (χ3v) is 6.32. The number of tetrazole rings is 1. The number of aromatic nitrogens is 4. The molecule has 1 fully saturated rings. The maximum absolute atomic E-state index is 12.7. The number of carbonyl (C=O) groups excluding carboxylic acids is 1. The molecule has 0 aliphatic carbocycles. The summed E-state index contributed by atoms with van der Waals surface area (Å²) in [5.74, 6) is 2.00. The Balaban J connectivity index is 1.63. The molecule has 198 valence electrons. The van der Waals surface area contributed by atoms with Crippen molar-refractivity contribution in [2.75, 3.05) is 40.4 Å². The minimum atomic E-state index is -0.536. The van der Waals surface area contributed by atoms with Gasteiger partial charge in [0.1, 0.15) is 11.6 Å². The van der Waals surface area contributed by atoms with E-state index in [0.29, 0.717) is 50.0 Å². The molecular weight excluding hydrogens is 472 g/mol. The van der Waals surface area contributed by atoms with Crippen LogP contribution in [-0.4, -0.2) is 82.1 Å². The summed E-state index contributed by atoms with van der Waals surface area (Å²) in [6, 6.07) is 15.8. The number of hydrogen-bond acceptors (Lipinski definition) is 8. The summed E-state index contributed by atoms with van der Waals surface area (Å²) in [5.41, 5.74) is 1.58. The maximum atomic E-state index is 12.7. The van der Waals surface area contributed by atoms with Crippen molar-refractivity contribution in [2.45, 2.75) is 45.4 Å². The number of hydrogen-bond donors (Lipinski definition) is 0. The number of amides is 1. The fraction of sp³-hybridized carbons (Fsp3) is 0.481. The van der Waals surface area contributed by atoms with Crippen molar-refractivity contribution in [1.29, 1.82) is 0 Å². The van der Waals surface area contributed by atoms with Crippen LogP contribution in [0.15, 0.2) is 48.5 Å². The van der Waals surface area contributed by atoms with Gasteiger partial charge in [-0.1, -0.05) is 42.5 Å². The van der Waals surface area contributed by atoms with Crippen LogP contribution in [0.5, 0.6) is 11.5 Å². The molecule has 2 aromatic carbocycles. The summed E-state index contributed by atoms with van der Waals surface area (Å²) in [7, 11) is 3.26. The van der Waals surface area contributed by atoms with Crippen LogP contribution in [0.4, 0.5) is 4.79 Å². The molecule has 0 radical (unpaired) electrons. The lowest BCUT2D eigenvalue weighted by atomic mass is 10.0. The second-order valence-electron chi connectivity index (χ2n) is 9.98. The second-order valence-corrected chi connectivity index (χ2v) is 9.98. The number of piperazine rings is 1. The fourth-order valence-corrected chi connectivity index (χ4v) is 4.56. The van der Waals surface area contributed by atoms with Crippen molar-refractivity contribution in [3.05, 3.63) is 65.5 Å². The monoisotopic (exact) mass is 508 g/mol. The van der Waals surface area contributed by atoms with E-state index < -0.39 is 5.60 Å². The molecule has 4 rings (SSSR count). The van der Waals surface area contributed by atoms with E-state index in [9.17, 15) is 4.79 Å². The molecule has 1 aliphatic heterocycles. The molecule has 1 amide bonds. The van der Waals surface area contributed by atoms with Crippen LogP contribution in [-0.2, 0) is 17.7 Å². The molecule has 0 N–H and O–H groups in total. The molecule has 1 aliphatic rings. The van der Waals surface area contributed by atoms with Crippen molar-refractivity contribution in [3.63, 3.8) is 0 Å². The minimum Gasteiger partial charge on any atom is -0.493 e. The van der Waals surface area contributed by atoms with Crippen LogP contribution in [0, 0.1) is 0 Å². The van der Waals surface area contributed by atoms with E-state index in [0.717, 1.165) is 12.0 Å². The van der Waals surface area contributed by atoms with E-state index in [1.807, 2.05) is 61.9 Å². The number of ether oxygens (including phenoxy) is 3. The van der Waals surface area contributed by atoms with Gasteiger partial charge in [0.2, 0.25) is 0 Å². The number of nitrogens with zero attached hydrogens (tertiary/aromatic N) is 6. The standard InChI is InChI=1S/C27H36N6O4/c1-27(2,3)37-26(34)32-18-16-31(17-19-32)23(21-12-9-13-22(35-4)24(21)36-5)25-28-29-30-33(25)15-14-20-10-7-6-8-11-20/h6-13,23H,14-19H2,1-5H3. The number of benzene rings is 2. The Labute approximate surface area is 218 Å². The van der Waals surface area contributed by atoms with E-state index in [2.05, 4.69) is 32.6 Å². The number of aryl methyl sites for hydroxylation is 2. The van der Waals surface area contributed by atoms with Gasteiger partial charge in [-0.25, -0.2) is 9.48 Å². The van der Waals surface area contributed by atoms with Crippen molar-refractivity contribution in [1.82, 2.24) is 30.0 Å². The van der Waals surface area contributed by atoms with Crippen LogP contribution in [0.25, 0.3) is 0 Å². The Morgan fingerprint density at radius 3 is 2.35 bits per heavy atom. The van der Waals surface area contributed by atoms with E-state index in [1.165, 1.54) is 5.56 Å². The molecular formula is C27H36N6O4. The first kappa shape index (κ1) is 26.4. The van der Waals surface area contributed by atoms with Gasteiger partial charge in [-0.15, -0.1) is 5.10 Å². The van der Waals surface area contributed by atoms with Gasteiger partial charge in [0, 0.05) is 38.3 Å². The van der Waals surface area contributed by atoms with Gasteiger partial charge in [0.25, 0.3) is 0 Å². The van der Waals surface area contributed by atoms with Crippen molar-refractivity contribution < 1.29 is 19.0 Å². The third kappa shape index (κ3) is 6.37. The fourth-order valence-electron chi connectivity index (χ4n) is 4.56. The zero-order valence-corrected chi connectivity index (χ0v) is 22.3. The summed E-state index contributed by atoms with van der Waals surface area (Å²) in [4.78, 5) is 16.7. The Hall–Kier alpha value is -3.66. The lowest BCUT2D eigenvalue weighted by molar-refractivity contribution is 0.0113. The molecule has 10 nitrogen and oxygen atoms in total. The predicted octanol–water partition coefficient (Wildman–Crippen LogP) is 3.58. The van der Waals surface area contributed by atoms with E-state index in [-0.39, 0.29) is 12.1 Å². The Morgan fingerprint density at radius 1 is 0.973 bits per heavy atom. The van der Waals surface area contributed by atoms with E-state index in [4.69, 9.17) is 14.2 Å². The second kappa shape index (κ2) is 11.6. The first-order valence-electron chi connectivity index (χ1n) is 12.5. The van der Waals surface area contributed by atoms with E-state index >= 15 is 0 Å². The highest BCUT2D eigenvalue weighted by atomic mass is 16.6. The summed E-state index contributed by atoms with van der Waals surface area (Å²) in [5, 5.41) is 12.8. The number of methoxy groups -OCH3 is 2. The summed E-state index contributed by atoms with van der Waals surface area (Å²) < 4.78 is 18.8. The molecule has 0 saturated carbocycles. The molecule has 3 aromatic rings. The minimum absolute atomic E-state index is 0.295. The van der Waals surface area contributed by atoms with Gasteiger partial charge in [-0.2, -0.15) is 0 Å². The van der Waals surface area contributed by atoms with Crippen LogP contribution in [0.3, 0.4) is 0 Å². The van der Waals surface area contributed by atoms with E-state index in [1.54, 1.807) is 19.1 Å². The molecule has 10 heteroatoms. The molecule has 0 bridgehead atoms. The van der Waals surface area contributed by atoms with Gasteiger partial charge in [-0.05, 0) is 49.2 Å². The zero-order valence-electron chi connectivity index (χ0n) is 22.3. The molecule has 1 aromatic heterocycles. The summed E-state index contributed by atoms with van der Waals surface area (Å²) >= 11 is 0. The quantitative estimate of drug-likeness (QED) is 0.456. The van der Waals surface area contributed by atoms with Gasteiger partial charge in [0.15, 0.2) is 17.3 Å². The number of carbonyl (C=O) groups is 1. The first-order chi connectivity index (χ1) is 17.8. The van der Waals surface area contributed by atoms with Gasteiger partial charge >= 0.3 is 6.09 Å². The highest BCUT2D eigenvalue weighted by Gasteiger charge is 2.35. The van der Waals surface area contributed by atoms with Crippen molar-refractivity contribution >= 4 is 6.09 Å². The van der Waals surface area contributed by atoms with Gasteiger partial charge < -0.3 is 19.1 Å². The average Bonchev–Trinajstić information content (AvgIpc) is 3.35. The zero-order chi connectivity index (χ0) is 26.4. The molecule has 2 heterocycles. The van der Waals surface area contributed by atoms with Crippen LogP contribution in [0.1, 0.15) is 43.8 Å². The Kier molecular flexibility index (Phi) is 8.27. The van der Waals surface area contributed by atoms with Crippen LogP contribution >= 0.6 is 0 Å². The smallest absolute Gasteiger partial charge is 0.410 e. The van der Waals surface area contributed by atoms with Crippen LogP contribution < -0.4 is 9.47 Å². The highest BCUT2D eigenvalue weighted by molar-refractivity contribution is 5.68. The highest BCUT2D eigenvalue weighted by Crippen LogP contribution is 2.39. The SMILES string of the molecule is COc1cccc(C(c2nnnn2CCc2ccccc2)N2CCN(C(=O)OC(C)(C)C)CC2)c1OC. The molecule has 1 atom stereocenters. The van der Waals surface area contributed by atoms with Crippen molar-refractivity contribution in [3.8, 4) is 11.5 Å². The third-order valence-electron chi connectivity index (χ3n) is 6.32. The normalized spacial score (nSPS) is 15.3. The maximum Gasteiger partial charge on any atom is 0.410 e. The molecule has 1 saturated heterocycles. The number of rotatable bonds is 8. The molecule has 37 heavy (non-hydrogen) atoms. The average molecular weight is 509 g/mol. The van der Waals surface area contributed by atoms with Gasteiger partial charge in [-0.3, -0.25) is 4.90 Å². The Morgan fingerprint density at radius 2 is 1.70 bits per heavy atom. The summed E-state index contributed by atoms with van der Waals surface area (Å²) in [6.45, 7) is 8.57. The molecule has 0 spiro atoms. The predicted molar refractivity (Wildman–Crippen MR) is 139 cm³/mol. The lowest BCUT2D eigenvalue weighted by Gasteiger charge is -2.39. The summed E-state index contributed by atoms with van der Waals surface area (Å²) in [6.07, 6.45) is 0.503. The first-order valence-corrected chi connectivity index (χ1v) is 12.5. The molecule has 1 unspecified atom stereocenters. The Bertz CT molecular complexity index is 1170. The number of para-hydroxylation sites is 1. The topological polar surface area (TPSA) is 94.8 Å². The van der Waals surface area contributed by atoms with Gasteiger partial charge in [0.05, 0.1) is 14.2 Å². The largest absolute Gasteiger partial charge is 0.493 e. The van der Waals surface area contributed by atoms with Crippen molar-refractivity contribution in [2.24, 2.45) is 0 Å². The lowest BCUT2D eigenvalue weighted by Crippen LogP contribution is -2.51.